The van der Waals surface area contributed by atoms with Gasteiger partial charge in [-0.1, -0.05) is 0 Å². The Kier molecular flexibility index (Phi) is 3.17. The molecule has 0 bridgehead atoms. The summed E-state index contributed by atoms with van der Waals surface area (Å²) in [6.07, 6.45) is 5.67. The van der Waals surface area contributed by atoms with Crippen LogP contribution in [0.25, 0.3) is 0 Å². The van der Waals surface area contributed by atoms with Crippen LogP contribution in [0.3, 0.4) is 0 Å². The Bertz CT molecular complexity index is 332. The van der Waals surface area contributed by atoms with E-state index in [1.807, 2.05) is 0 Å². The average Bonchev–Trinajstić information content (AvgIpc) is 2.61. The molecule has 1 aliphatic heterocycles. The largest absolute Gasteiger partial charge is 0.356 e. The highest BCUT2D eigenvalue weighted by Gasteiger charge is 2.20. The summed E-state index contributed by atoms with van der Waals surface area (Å²) in [5, 5.41) is 4.16. The first-order valence-corrected chi connectivity index (χ1v) is 5.70. The number of rotatable bonds is 2. The summed E-state index contributed by atoms with van der Waals surface area (Å²) in [7, 11) is 0. The van der Waals surface area contributed by atoms with Crippen molar-refractivity contribution in [2.45, 2.75) is 25.5 Å². The van der Waals surface area contributed by atoms with E-state index in [0.29, 0.717) is 5.69 Å². The van der Waals surface area contributed by atoms with Gasteiger partial charge in [0.1, 0.15) is 5.69 Å². The number of carbonyl (C=O) groups is 1. The average molecular weight is 306 g/mol. The second-order valence-electron chi connectivity index (χ2n) is 3.26. The predicted octanol–water partition coefficient (Wildman–Crippen LogP) is 2.00. The third-order valence-corrected chi connectivity index (χ3v) is 3.16. The molecule has 0 aromatic carbocycles. The molecule has 1 aliphatic rings. The summed E-state index contributed by atoms with van der Waals surface area (Å²) in [6, 6.07) is 0. The molecular formula is C9H11IN2O2. The third kappa shape index (κ3) is 1.83. The van der Waals surface area contributed by atoms with Crippen molar-refractivity contribution in [3.8, 4) is 0 Å². The Morgan fingerprint density at radius 1 is 1.64 bits per heavy atom. The van der Waals surface area contributed by atoms with Gasteiger partial charge in [-0.05, 0) is 41.9 Å². The normalized spacial score (nSPS) is 22.2. The van der Waals surface area contributed by atoms with Gasteiger partial charge in [0.2, 0.25) is 0 Å². The molecule has 0 amide bonds. The Hall–Kier alpha value is -0.430. The molecular weight excluding hydrogens is 295 g/mol. The zero-order valence-electron chi connectivity index (χ0n) is 7.65. The van der Waals surface area contributed by atoms with Gasteiger partial charge in [-0.2, -0.15) is 5.10 Å². The highest BCUT2D eigenvalue weighted by molar-refractivity contribution is 14.1. The molecule has 0 radical (unpaired) electrons. The van der Waals surface area contributed by atoms with E-state index in [2.05, 4.69) is 27.7 Å². The molecule has 0 spiro atoms. The van der Waals surface area contributed by atoms with Gasteiger partial charge in [0.05, 0.1) is 9.77 Å². The minimum atomic E-state index is -0.0486. The van der Waals surface area contributed by atoms with Crippen molar-refractivity contribution in [1.82, 2.24) is 9.78 Å². The fraction of sp³-hybridized carbons (Fsp3) is 0.556. The molecule has 1 fully saturated rings. The zero-order valence-corrected chi connectivity index (χ0v) is 9.81. The highest BCUT2D eigenvalue weighted by atomic mass is 127. The van der Waals surface area contributed by atoms with E-state index < -0.39 is 0 Å². The molecule has 4 nitrogen and oxygen atoms in total. The lowest BCUT2D eigenvalue weighted by molar-refractivity contribution is -0.0403. The predicted molar refractivity (Wildman–Crippen MR) is 59.2 cm³/mol. The van der Waals surface area contributed by atoms with E-state index in [4.69, 9.17) is 4.74 Å². The molecule has 0 aliphatic carbocycles. The van der Waals surface area contributed by atoms with Crippen LogP contribution in [0.2, 0.25) is 0 Å². The van der Waals surface area contributed by atoms with Crippen molar-refractivity contribution >= 4 is 28.9 Å². The van der Waals surface area contributed by atoms with Gasteiger partial charge in [0.15, 0.2) is 12.5 Å². The molecule has 1 atom stereocenters. The maximum atomic E-state index is 10.8. The van der Waals surface area contributed by atoms with E-state index in [-0.39, 0.29) is 6.23 Å². The molecule has 76 valence electrons. The van der Waals surface area contributed by atoms with Crippen LogP contribution in [0, 0.1) is 3.57 Å². The quantitative estimate of drug-likeness (QED) is 0.620. The number of carbonyl (C=O) groups excluding carboxylic acids is 1. The van der Waals surface area contributed by atoms with Crippen LogP contribution < -0.4 is 0 Å². The summed E-state index contributed by atoms with van der Waals surface area (Å²) in [5.41, 5.74) is 0.623. The SMILES string of the molecule is O=Cc1c(I)cnn1[C@H]1CCCCO1. The first-order valence-electron chi connectivity index (χ1n) is 4.62. The first-order chi connectivity index (χ1) is 6.83. The molecule has 2 heterocycles. The van der Waals surface area contributed by atoms with Gasteiger partial charge in [-0.3, -0.25) is 4.79 Å². The van der Waals surface area contributed by atoms with Crippen LogP contribution >= 0.6 is 22.6 Å². The summed E-state index contributed by atoms with van der Waals surface area (Å²) in [4.78, 5) is 10.8. The summed E-state index contributed by atoms with van der Waals surface area (Å²) in [5.74, 6) is 0. The number of hydrogen-bond acceptors (Lipinski definition) is 3. The van der Waals surface area contributed by atoms with Gasteiger partial charge in [0.25, 0.3) is 0 Å². The van der Waals surface area contributed by atoms with Crippen molar-refractivity contribution in [3.63, 3.8) is 0 Å². The Balaban J connectivity index is 2.25. The highest BCUT2D eigenvalue weighted by Crippen LogP contribution is 2.24. The standard InChI is InChI=1S/C9H11IN2O2/c10-7-5-11-12(8(7)6-13)9-3-1-2-4-14-9/h5-6,9H,1-4H2/t9-/m1/s1. The van der Waals surface area contributed by atoms with Gasteiger partial charge in [0, 0.05) is 6.61 Å². The maximum Gasteiger partial charge on any atom is 0.169 e. The fourth-order valence-electron chi connectivity index (χ4n) is 1.61. The third-order valence-electron chi connectivity index (χ3n) is 2.33. The Morgan fingerprint density at radius 2 is 2.50 bits per heavy atom. The molecule has 0 N–H and O–H groups in total. The minimum Gasteiger partial charge on any atom is -0.356 e. The lowest BCUT2D eigenvalue weighted by Crippen LogP contribution is -2.21. The van der Waals surface area contributed by atoms with E-state index >= 15 is 0 Å². The van der Waals surface area contributed by atoms with Crippen molar-refractivity contribution in [2.24, 2.45) is 0 Å². The number of aldehydes is 1. The molecule has 1 saturated heterocycles. The number of aromatic nitrogens is 2. The minimum absolute atomic E-state index is 0.0486. The van der Waals surface area contributed by atoms with Crippen LogP contribution in [0.15, 0.2) is 6.20 Å². The van der Waals surface area contributed by atoms with Gasteiger partial charge >= 0.3 is 0 Å². The smallest absolute Gasteiger partial charge is 0.169 e. The van der Waals surface area contributed by atoms with Crippen LogP contribution in [0.1, 0.15) is 36.0 Å². The monoisotopic (exact) mass is 306 g/mol. The zero-order chi connectivity index (χ0) is 9.97. The second-order valence-corrected chi connectivity index (χ2v) is 4.42. The number of halogens is 1. The van der Waals surface area contributed by atoms with Crippen molar-refractivity contribution in [1.29, 1.82) is 0 Å². The van der Waals surface area contributed by atoms with Crippen LogP contribution in [0.5, 0.6) is 0 Å². The lowest BCUT2D eigenvalue weighted by atomic mass is 10.2. The van der Waals surface area contributed by atoms with Crippen molar-refractivity contribution in [2.75, 3.05) is 6.61 Å². The first kappa shape index (κ1) is 10.1. The van der Waals surface area contributed by atoms with E-state index in [1.165, 1.54) is 0 Å². The van der Waals surface area contributed by atoms with Gasteiger partial charge in [-0.25, -0.2) is 4.68 Å². The number of hydrogen-bond donors (Lipinski definition) is 0. The van der Waals surface area contributed by atoms with E-state index in [1.54, 1.807) is 10.9 Å². The Morgan fingerprint density at radius 3 is 3.14 bits per heavy atom. The van der Waals surface area contributed by atoms with E-state index in [9.17, 15) is 4.79 Å². The van der Waals surface area contributed by atoms with Crippen molar-refractivity contribution in [3.05, 3.63) is 15.5 Å². The lowest BCUT2D eigenvalue weighted by Gasteiger charge is -2.23. The maximum absolute atomic E-state index is 10.8. The molecule has 14 heavy (non-hydrogen) atoms. The Labute approximate surface area is 95.8 Å². The van der Waals surface area contributed by atoms with Crippen LogP contribution in [-0.2, 0) is 4.74 Å². The fourth-order valence-corrected chi connectivity index (χ4v) is 2.11. The summed E-state index contributed by atoms with van der Waals surface area (Å²) < 4.78 is 8.13. The molecule has 1 aromatic heterocycles. The van der Waals surface area contributed by atoms with E-state index in [0.717, 1.165) is 35.7 Å². The molecule has 0 saturated carbocycles. The van der Waals surface area contributed by atoms with Crippen molar-refractivity contribution < 1.29 is 9.53 Å². The van der Waals surface area contributed by atoms with Crippen LogP contribution in [0.4, 0.5) is 0 Å². The molecule has 1 aromatic rings. The molecule has 0 unspecified atom stereocenters. The van der Waals surface area contributed by atoms with Gasteiger partial charge < -0.3 is 4.74 Å². The summed E-state index contributed by atoms with van der Waals surface area (Å²) >= 11 is 2.11. The topological polar surface area (TPSA) is 44.1 Å². The molecule has 5 heteroatoms. The second kappa shape index (κ2) is 4.39. The summed E-state index contributed by atoms with van der Waals surface area (Å²) in [6.45, 7) is 0.763. The van der Waals surface area contributed by atoms with Gasteiger partial charge in [-0.15, -0.1) is 0 Å². The number of ether oxygens (including phenoxy) is 1. The number of nitrogens with zero attached hydrogens (tertiary/aromatic N) is 2. The molecule has 2 rings (SSSR count). The van der Waals surface area contributed by atoms with Crippen LogP contribution in [-0.4, -0.2) is 22.7 Å².